The van der Waals surface area contributed by atoms with Crippen LogP contribution >= 0.6 is 0 Å². The molecule has 0 atom stereocenters. The highest BCUT2D eigenvalue weighted by atomic mass is 16.4. The zero-order chi connectivity index (χ0) is 8.48. The van der Waals surface area contributed by atoms with E-state index in [-0.39, 0.29) is 12.0 Å². The van der Waals surface area contributed by atoms with Crippen LogP contribution in [0.2, 0.25) is 0 Å². The molecule has 0 spiro atoms. The topological polar surface area (TPSA) is 45.9 Å². The fraction of sp³-hybridized carbons (Fsp3) is 0.625. The second-order valence-corrected chi connectivity index (χ2v) is 3.53. The molecule has 1 rings (SSSR count). The van der Waals surface area contributed by atoms with Crippen LogP contribution in [0.25, 0.3) is 0 Å². The first kappa shape index (κ1) is 8.27. The molecule has 3 heteroatoms. The third-order valence-corrected chi connectivity index (χ3v) is 1.34. The van der Waals surface area contributed by atoms with Crippen molar-refractivity contribution in [2.45, 2.75) is 32.8 Å². The largest absolute Gasteiger partial charge is 0.443 e. The van der Waals surface area contributed by atoms with Crippen LogP contribution < -0.4 is 0 Å². The number of rotatable bonds is 1. The van der Waals surface area contributed by atoms with E-state index in [4.69, 9.17) is 4.42 Å². The van der Waals surface area contributed by atoms with Gasteiger partial charge in [-0.2, -0.15) is 0 Å². The summed E-state index contributed by atoms with van der Waals surface area (Å²) in [5.74, 6) is 1.04. The summed E-state index contributed by atoms with van der Waals surface area (Å²) in [6, 6.07) is 0. The van der Waals surface area contributed by atoms with Gasteiger partial charge in [-0.15, -0.1) is 0 Å². The summed E-state index contributed by atoms with van der Waals surface area (Å²) in [6.45, 7) is 5.65. The van der Waals surface area contributed by atoms with Crippen molar-refractivity contribution in [2.75, 3.05) is 0 Å². The average molecular weight is 154 g/mol. The molecule has 1 aromatic rings. The van der Waals surface area contributed by atoms with E-state index in [0.717, 1.165) is 0 Å². The molecule has 0 amide bonds. The van der Waals surface area contributed by atoms with Gasteiger partial charge in [0.1, 0.15) is 6.61 Å². The van der Waals surface area contributed by atoms with E-state index in [1.807, 2.05) is 20.8 Å². The summed E-state index contributed by atoms with van der Waals surface area (Å²) in [5, 5.41) is 10.3. The molecule has 0 aromatic carbocycles. The van der Waals surface area contributed by atoms with E-state index < -0.39 is 0 Å². The van der Waals surface area contributed by atoms with Gasteiger partial charge in [-0.3, -0.25) is 0 Å². The molecule has 11 heavy (non-hydrogen) atoms. The Morgan fingerprint density at radius 3 is 2.45 bits per heavy atom. The quantitative estimate of drug-likeness (QED) is 0.620. The fourth-order valence-corrected chi connectivity index (χ4v) is 0.721. The van der Waals surface area contributed by atoms with Crippen LogP contribution in [-0.2, 0) is 17.1 Å². The van der Waals surface area contributed by atoms with Gasteiger partial charge in [0.2, 0.25) is 0 Å². The van der Waals surface area contributed by atoms with Crippen molar-refractivity contribution < 1.29 is 9.52 Å². The number of hydrogen-bond acceptors (Lipinski definition) is 2. The number of hydrogen-bond donors (Lipinski definition) is 0. The third kappa shape index (κ3) is 1.80. The minimum absolute atomic E-state index is 0.104. The lowest BCUT2D eigenvalue weighted by Crippen LogP contribution is -2.10. The lowest BCUT2D eigenvalue weighted by molar-refractivity contribution is 0.151. The van der Waals surface area contributed by atoms with Crippen molar-refractivity contribution in [3.8, 4) is 0 Å². The molecular weight excluding hydrogens is 142 g/mol. The Morgan fingerprint density at radius 1 is 1.55 bits per heavy atom. The summed E-state index contributed by atoms with van der Waals surface area (Å²) in [6.07, 6.45) is 1.49. The zero-order valence-corrected chi connectivity index (χ0v) is 7.05. The predicted octanol–water partition coefficient (Wildman–Crippen LogP) is 1.90. The Morgan fingerprint density at radius 2 is 2.18 bits per heavy atom. The van der Waals surface area contributed by atoms with Crippen molar-refractivity contribution in [3.05, 3.63) is 17.8 Å². The van der Waals surface area contributed by atoms with Gasteiger partial charge in [0.05, 0.1) is 6.20 Å². The Labute approximate surface area is 66.1 Å². The van der Waals surface area contributed by atoms with Crippen LogP contribution in [0.3, 0.4) is 0 Å². The van der Waals surface area contributed by atoms with Crippen molar-refractivity contribution in [3.63, 3.8) is 0 Å². The first-order valence-electron chi connectivity index (χ1n) is 3.57. The van der Waals surface area contributed by atoms with Gasteiger partial charge < -0.3 is 4.42 Å². The summed E-state index contributed by atoms with van der Waals surface area (Å²) in [4.78, 5) is 3.99. The second-order valence-electron chi connectivity index (χ2n) is 3.53. The highest BCUT2D eigenvalue weighted by molar-refractivity contribution is 5.01. The van der Waals surface area contributed by atoms with E-state index in [9.17, 15) is 5.11 Å². The molecule has 0 aliphatic carbocycles. The maximum absolute atomic E-state index is 10.3. The van der Waals surface area contributed by atoms with Gasteiger partial charge in [-0.05, 0) is 0 Å². The van der Waals surface area contributed by atoms with Crippen LogP contribution in [0, 0.1) is 0 Å². The lowest BCUT2D eigenvalue weighted by atomic mass is 9.97. The molecule has 0 saturated carbocycles. The van der Waals surface area contributed by atoms with Crippen molar-refractivity contribution in [1.82, 2.24) is 4.98 Å². The molecule has 0 saturated heterocycles. The van der Waals surface area contributed by atoms with Crippen LogP contribution in [0.15, 0.2) is 10.6 Å². The molecule has 0 N–H and O–H groups in total. The standard InChI is InChI=1S/C8H12NO2/c1-8(2,3)7-9-4-6(5-10)11-7/h4H,5H2,1-3H3. The Kier molecular flexibility index (Phi) is 2.00. The van der Waals surface area contributed by atoms with Crippen LogP contribution in [0.5, 0.6) is 0 Å². The van der Waals surface area contributed by atoms with Gasteiger partial charge in [-0.1, -0.05) is 20.8 Å². The highest BCUT2D eigenvalue weighted by Crippen LogP contribution is 2.21. The molecule has 61 valence electrons. The number of nitrogens with zero attached hydrogens (tertiary/aromatic N) is 1. The maximum atomic E-state index is 10.3. The van der Waals surface area contributed by atoms with Crippen molar-refractivity contribution in [2.24, 2.45) is 0 Å². The normalized spacial score (nSPS) is 12.0. The van der Waals surface area contributed by atoms with E-state index in [0.29, 0.717) is 11.7 Å². The zero-order valence-electron chi connectivity index (χ0n) is 7.05. The van der Waals surface area contributed by atoms with E-state index in [2.05, 4.69) is 4.98 Å². The van der Waals surface area contributed by atoms with Crippen LogP contribution in [0.1, 0.15) is 32.4 Å². The second kappa shape index (κ2) is 2.66. The Bertz CT molecular complexity index is 234. The van der Waals surface area contributed by atoms with Crippen LogP contribution in [-0.4, -0.2) is 4.98 Å². The summed E-state index contributed by atoms with van der Waals surface area (Å²) >= 11 is 0. The summed E-state index contributed by atoms with van der Waals surface area (Å²) in [5.41, 5.74) is -0.104. The fourth-order valence-electron chi connectivity index (χ4n) is 0.721. The van der Waals surface area contributed by atoms with Gasteiger partial charge in [0, 0.05) is 5.41 Å². The molecule has 0 aliphatic rings. The molecule has 3 nitrogen and oxygen atoms in total. The molecule has 1 heterocycles. The van der Waals surface area contributed by atoms with Gasteiger partial charge in [0.15, 0.2) is 11.7 Å². The van der Waals surface area contributed by atoms with Gasteiger partial charge in [0.25, 0.3) is 0 Å². The average Bonchev–Trinajstić information content (AvgIpc) is 2.32. The summed E-state index contributed by atoms with van der Waals surface area (Å²) < 4.78 is 5.17. The molecule has 0 fully saturated rings. The monoisotopic (exact) mass is 154 g/mol. The number of oxazole rings is 1. The van der Waals surface area contributed by atoms with Crippen molar-refractivity contribution in [1.29, 1.82) is 0 Å². The minimum Gasteiger partial charge on any atom is -0.443 e. The third-order valence-electron chi connectivity index (χ3n) is 1.34. The molecule has 0 aliphatic heterocycles. The molecule has 1 radical (unpaired) electrons. The van der Waals surface area contributed by atoms with Gasteiger partial charge >= 0.3 is 0 Å². The van der Waals surface area contributed by atoms with E-state index in [1.54, 1.807) is 0 Å². The molecule has 1 aromatic heterocycles. The number of aromatic nitrogens is 1. The summed E-state index contributed by atoms with van der Waals surface area (Å²) in [7, 11) is 0. The smallest absolute Gasteiger partial charge is 0.199 e. The first-order valence-corrected chi connectivity index (χ1v) is 3.57. The lowest BCUT2D eigenvalue weighted by Gasteiger charge is -2.11. The molecule has 0 unspecified atom stereocenters. The van der Waals surface area contributed by atoms with Crippen LogP contribution in [0.4, 0.5) is 0 Å². The maximum Gasteiger partial charge on any atom is 0.199 e. The van der Waals surface area contributed by atoms with E-state index in [1.165, 1.54) is 6.20 Å². The highest BCUT2D eigenvalue weighted by Gasteiger charge is 2.19. The Balaban J connectivity index is 2.89. The van der Waals surface area contributed by atoms with Crippen molar-refractivity contribution >= 4 is 0 Å². The molecule has 0 bridgehead atoms. The van der Waals surface area contributed by atoms with Gasteiger partial charge in [-0.25, -0.2) is 10.1 Å². The Hall–Kier alpha value is -0.830. The SMILES string of the molecule is CC(C)(C)c1ncc(C[O])o1. The minimum atomic E-state index is -0.330. The molecular formula is C8H12NO2. The predicted molar refractivity (Wildman–Crippen MR) is 39.6 cm³/mol. The first-order chi connectivity index (χ1) is 5.04. The van der Waals surface area contributed by atoms with E-state index >= 15 is 0 Å².